The molecule has 0 heterocycles. The zero-order chi connectivity index (χ0) is 12.8. The van der Waals surface area contributed by atoms with Crippen LogP contribution in [-0.4, -0.2) is 17.7 Å². The molecule has 98 valence electrons. The first-order chi connectivity index (χ1) is 8.59. The molecule has 2 nitrogen and oxygen atoms in total. The lowest BCUT2D eigenvalue weighted by molar-refractivity contribution is 0.0131. The van der Waals surface area contributed by atoms with Gasteiger partial charge in [-0.15, -0.1) is 0 Å². The number of aliphatic hydroxyl groups is 1. The maximum Gasteiger partial charge on any atom is 0.105 e. The summed E-state index contributed by atoms with van der Waals surface area (Å²) in [5.74, 6) is 0.450. The first-order valence-electron chi connectivity index (χ1n) is 7.13. The van der Waals surface area contributed by atoms with Crippen molar-refractivity contribution in [2.45, 2.75) is 51.2 Å². The lowest BCUT2D eigenvalue weighted by atomic mass is 9.87. The molecule has 1 aromatic rings. The van der Waals surface area contributed by atoms with Gasteiger partial charge in [0.1, 0.15) is 5.60 Å². The van der Waals surface area contributed by atoms with Crippen LogP contribution in [0.1, 0.15) is 42.4 Å². The van der Waals surface area contributed by atoms with Crippen LogP contribution in [0, 0.1) is 19.8 Å². The van der Waals surface area contributed by atoms with Gasteiger partial charge < -0.3 is 10.4 Å². The predicted octanol–water partition coefficient (Wildman–Crippen LogP) is 2.65. The highest BCUT2D eigenvalue weighted by Crippen LogP contribution is 2.46. The molecular formula is C16H23NO. The third-order valence-electron chi connectivity index (χ3n) is 4.50. The Labute approximate surface area is 109 Å². The molecule has 0 spiro atoms. The van der Waals surface area contributed by atoms with Crippen LogP contribution >= 0.6 is 0 Å². The third kappa shape index (κ3) is 2.32. The van der Waals surface area contributed by atoms with Crippen molar-refractivity contribution in [1.29, 1.82) is 0 Å². The van der Waals surface area contributed by atoms with Gasteiger partial charge in [0.05, 0.1) is 0 Å². The maximum absolute atomic E-state index is 11.1. The van der Waals surface area contributed by atoms with Crippen molar-refractivity contribution in [3.05, 3.63) is 34.9 Å². The summed E-state index contributed by atoms with van der Waals surface area (Å²) >= 11 is 0. The molecule has 0 saturated heterocycles. The normalized spacial score (nSPS) is 22.8. The largest absolute Gasteiger partial charge is 0.384 e. The fraction of sp³-hybridized carbons (Fsp3) is 0.625. The monoisotopic (exact) mass is 245 g/mol. The summed E-state index contributed by atoms with van der Waals surface area (Å²) < 4.78 is 0. The summed E-state index contributed by atoms with van der Waals surface area (Å²) in [6, 6.07) is 7.06. The Morgan fingerprint density at radius 1 is 1.17 bits per heavy atom. The Balaban J connectivity index is 1.84. The second-order valence-electron chi connectivity index (χ2n) is 6.15. The summed E-state index contributed by atoms with van der Waals surface area (Å²) in [7, 11) is 0. The molecule has 2 saturated carbocycles. The average molecular weight is 245 g/mol. The molecule has 0 aliphatic heterocycles. The highest BCUT2D eigenvalue weighted by Gasteiger charge is 2.45. The fourth-order valence-electron chi connectivity index (χ4n) is 2.64. The second-order valence-corrected chi connectivity index (χ2v) is 6.15. The van der Waals surface area contributed by atoms with Crippen molar-refractivity contribution in [2.75, 3.05) is 6.54 Å². The molecule has 0 radical (unpaired) electrons. The van der Waals surface area contributed by atoms with E-state index >= 15 is 0 Å². The summed E-state index contributed by atoms with van der Waals surface area (Å²) in [5.41, 5.74) is 3.02. The van der Waals surface area contributed by atoms with Crippen LogP contribution in [0.4, 0.5) is 0 Å². The van der Waals surface area contributed by atoms with Gasteiger partial charge in [-0.2, -0.15) is 0 Å². The van der Waals surface area contributed by atoms with E-state index in [1.54, 1.807) is 0 Å². The van der Waals surface area contributed by atoms with Crippen molar-refractivity contribution in [1.82, 2.24) is 5.32 Å². The highest BCUT2D eigenvalue weighted by molar-refractivity contribution is 5.34. The van der Waals surface area contributed by atoms with E-state index in [9.17, 15) is 5.11 Å². The van der Waals surface area contributed by atoms with Gasteiger partial charge in [0, 0.05) is 12.6 Å². The van der Waals surface area contributed by atoms with E-state index < -0.39 is 5.60 Å². The van der Waals surface area contributed by atoms with Gasteiger partial charge in [-0.05, 0) is 62.1 Å². The van der Waals surface area contributed by atoms with Crippen molar-refractivity contribution in [3.8, 4) is 0 Å². The first-order valence-corrected chi connectivity index (χ1v) is 7.13. The van der Waals surface area contributed by atoms with Gasteiger partial charge in [-0.25, -0.2) is 0 Å². The number of benzene rings is 1. The number of nitrogens with one attached hydrogen (secondary N) is 1. The van der Waals surface area contributed by atoms with Gasteiger partial charge in [-0.1, -0.05) is 18.2 Å². The molecule has 1 atom stereocenters. The average Bonchev–Trinajstić information content (AvgIpc) is 3.21. The first kappa shape index (κ1) is 12.2. The Morgan fingerprint density at radius 2 is 1.89 bits per heavy atom. The van der Waals surface area contributed by atoms with Crippen LogP contribution in [-0.2, 0) is 5.60 Å². The van der Waals surface area contributed by atoms with E-state index in [0.29, 0.717) is 18.5 Å². The van der Waals surface area contributed by atoms with Gasteiger partial charge in [0.25, 0.3) is 0 Å². The van der Waals surface area contributed by atoms with E-state index in [0.717, 1.165) is 18.4 Å². The summed E-state index contributed by atoms with van der Waals surface area (Å²) in [4.78, 5) is 0. The Bertz CT molecular complexity index is 448. The molecule has 2 aliphatic carbocycles. The van der Waals surface area contributed by atoms with Gasteiger partial charge >= 0.3 is 0 Å². The maximum atomic E-state index is 11.1. The van der Waals surface area contributed by atoms with Gasteiger partial charge in [0.15, 0.2) is 0 Å². The van der Waals surface area contributed by atoms with E-state index in [1.807, 2.05) is 0 Å². The van der Waals surface area contributed by atoms with Gasteiger partial charge in [0.2, 0.25) is 0 Å². The minimum Gasteiger partial charge on any atom is -0.384 e. The van der Waals surface area contributed by atoms with E-state index in [-0.39, 0.29) is 0 Å². The molecule has 3 rings (SSSR count). The van der Waals surface area contributed by atoms with E-state index in [1.165, 1.54) is 24.0 Å². The zero-order valence-electron chi connectivity index (χ0n) is 11.4. The molecule has 0 bridgehead atoms. The molecule has 18 heavy (non-hydrogen) atoms. The Kier molecular flexibility index (Phi) is 2.95. The standard InChI is InChI=1S/C16H23NO/c1-11-3-4-14(9-12(11)2)16(18,13-5-6-13)10-17-15-7-8-15/h3-4,9,13,15,17-18H,5-8,10H2,1-2H3. The van der Waals surface area contributed by atoms with E-state index in [2.05, 4.69) is 37.4 Å². The van der Waals surface area contributed by atoms with Crippen molar-refractivity contribution >= 4 is 0 Å². The molecule has 2 aliphatic rings. The fourth-order valence-corrected chi connectivity index (χ4v) is 2.64. The third-order valence-corrected chi connectivity index (χ3v) is 4.50. The summed E-state index contributed by atoms with van der Waals surface area (Å²) in [6.45, 7) is 4.96. The number of hydrogen-bond donors (Lipinski definition) is 2. The Morgan fingerprint density at radius 3 is 2.44 bits per heavy atom. The second kappa shape index (κ2) is 4.36. The lowest BCUT2D eigenvalue weighted by Crippen LogP contribution is -2.41. The molecule has 0 aromatic heterocycles. The van der Waals surface area contributed by atoms with Crippen molar-refractivity contribution < 1.29 is 5.11 Å². The molecule has 0 amide bonds. The minimum absolute atomic E-state index is 0.450. The number of rotatable bonds is 5. The van der Waals surface area contributed by atoms with Gasteiger partial charge in [-0.3, -0.25) is 0 Å². The molecule has 1 unspecified atom stereocenters. The van der Waals surface area contributed by atoms with Crippen LogP contribution in [0.5, 0.6) is 0 Å². The molecule has 2 fully saturated rings. The van der Waals surface area contributed by atoms with Crippen molar-refractivity contribution in [2.24, 2.45) is 5.92 Å². The smallest absolute Gasteiger partial charge is 0.105 e. The predicted molar refractivity (Wildman–Crippen MR) is 73.6 cm³/mol. The summed E-state index contributed by atoms with van der Waals surface area (Å²) in [6.07, 6.45) is 4.87. The quantitative estimate of drug-likeness (QED) is 0.836. The summed E-state index contributed by atoms with van der Waals surface area (Å²) in [5, 5.41) is 14.6. The van der Waals surface area contributed by atoms with Crippen LogP contribution in [0.2, 0.25) is 0 Å². The number of hydrogen-bond acceptors (Lipinski definition) is 2. The lowest BCUT2D eigenvalue weighted by Gasteiger charge is -2.30. The molecular weight excluding hydrogens is 222 g/mol. The minimum atomic E-state index is -0.652. The Hall–Kier alpha value is -0.860. The van der Waals surface area contributed by atoms with Crippen LogP contribution < -0.4 is 5.32 Å². The molecule has 2 N–H and O–H groups in total. The van der Waals surface area contributed by atoms with E-state index in [4.69, 9.17) is 0 Å². The topological polar surface area (TPSA) is 32.3 Å². The highest BCUT2D eigenvalue weighted by atomic mass is 16.3. The van der Waals surface area contributed by atoms with Crippen LogP contribution in [0.15, 0.2) is 18.2 Å². The van der Waals surface area contributed by atoms with Crippen molar-refractivity contribution in [3.63, 3.8) is 0 Å². The molecule has 1 aromatic carbocycles. The number of aryl methyl sites for hydroxylation is 2. The van der Waals surface area contributed by atoms with Crippen LogP contribution in [0.3, 0.4) is 0 Å². The van der Waals surface area contributed by atoms with Crippen LogP contribution in [0.25, 0.3) is 0 Å². The SMILES string of the molecule is Cc1ccc(C(O)(CNC2CC2)C2CC2)cc1C. The zero-order valence-corrected chi connectivity index (χ0v) is 11.4. The molecule has 2 heteroatoms.